The van der Waals surface area contributed by atoms with E-state index in [9.17, 15) is 10.2 Å². The molecule has 0 unspecified atom stereocenters. The normalized spacial score (nSPS) is 10.9. The Labute approximate surface area is 118 Å². The van der Waals surface area contributed by atoms with E-state index in [1.807, 2.05) is 13.8 Å². The first-order valence-corrected chi connectivity index (χ1v) is 8.53. The minimum Gasteiger partial charge on any atom is -0.504 e. The van der Waals surface area contributed by atoms with E-state index in [-0.39, 0.29) is 11.5 Å². The van der Waals surface area contributed by atoms with Gasteiger partial charge in [-0.2, -0.15) is 23.5 Å². The molecule has 102 valence electrons. The highest BCUT2D eigenvalue weighted by molar-refractivity contribution is 7.98. The average molecular weight is 286 g/mol. The Kier molecular flexibility index (Phi) is 6.22. The van der Waals surface area contributed by atoms with Crippen molar-refractivity contribution in [2.24, 2.45) is 0 Å². The van der Waals surface area contributed by atoms with E-state index in [1.54, 1.807) is 23.5 Å². The minimum atomic E-state index is 0.0748. The number of phenols is 2. The van der Waals surface area contributed by atoms with Gasteiger partial charge in [0.2, 0.25) is 0 Å². The molecule has 18 heavy (non-hydrogen) atoms. The van der Waals surface area contributed by atoms with Crippen LogP contribution < -0.4 is 0 Å². The van der Waals surface area contributed by atoms with Gasteiger partial charge in [0, 0.05) is 22.6 Å². The van der Waals surface area contributed by atoms with Gasteiger partial charge in [-0.15, -0.1) is 0 Å². The molecule has 0 spiro atoms. The summed E-state index contributed by atoms with van der Waals surface area (Å²) >= 11 is 3.51. The van der Waals surface area contributed by atoms with Gasteiger partial charge in [-0.05, 0) is 36.5 Å². The molecule has 0 atom stereocenters. The molecule has 1 rings (SSSR count). The summed E-state index contributed by atoms with van der Waals surface area (Å²) in [6.07, 6.45) is 0. The zero-order valence-electron chi connectivity index (χ0n) is 11.5. The fraction of sp³-hybridized carbons (Fsp3) is 0.571. The van der Waals surface area contributed by atoms with Gasteiger partial charge in [0.15, 0.2) is 11.5 Å². The van der Waals surface area contributed by atoms with Crippen molar-refractivity contribution in [3.8, 4) is 11.5 Å². The van der Waals surface area contributed by atoms with Crippen molar-refractivity contribution in [1.82, 2.24) is 0 Å². The summed E-state index contributed by atoms with van der Waals surface area (Å²) in [4.78, 5) is 0. The van der Waals surface area contributed by atoms with E-state index in [4.69, 9.17) is 0 Å². The molecule has 2 N–H and O–H groups in total. The van der Waals surface area contributed by atoms with Crippen LogP contribution in [0, 0.1) is 13.8 Å². The fourth-order valence-corrected chi connectivity index (χ4v) is 3.38. The first kappa shape index (κ1) is 15.6. The number of benzene rings is 1. The number of aromatic hydroxyl groups is 2. The smallest absolute Gasteiger partial charge is 0.162 e. The molecule has 0 amide bonds. The van der Waals surface area contributed by atoms with Gasteiger partial charge in [0.25, 0.3) is 0 Å². The Morgan fingerprint density at radius 3 is 1.39 bits per heavy atom. The number of rotatable bonds is 6. The molecule has 0 saturated heterocycles. The largest absolute Gasteiger partial charge is 0.504 e. The zero-order valence-corrected chi connectivity index (χ0v) is 13.2. The van der Waals surface area contributed by atoms with E-state index >= 15 is 0 Å². The second-order valence-electron chi connectivity index (χ2n) is 4.18. The molecule has 1 aromatic carbocycles. The molecule has 4 heteroatoms. The van der Waals surface area contributed by atoms with Crippen molar-refractivity contribution >= 4 is 23.5 Å². The summed E-state index contributed by atoms with van der Waals surface area (Å²) in [5.41, 5.74) is 3.97. The van der Waals surface area contributed by atoms with Crippen molar-refractivity contribution in [3.05, 3.63) is 22.3 Å². The Morgan fingerprint density at radius 2 is 1.11 bits per heavy atom. The first-order chi connectivity index (χ1) is 8.54. The second-order valence-corrected chi connectivity index (χ2v) is 6.73. The zero-order chi connectivity index (χ0) is 13.7. The lowest BCUT2D eigenvalue weighted by molar-refractivity contribution is 0.397. The monoisotopic (exact) mass is 286 g/mol. The Bertz CT molecular complexity index is 349. The molecule has 0 heterocycles. The third-order valence-corrected chi connectivity index (χ3v) is 4.97. The molecule has 0 aromatic heterocycles. The van der Waals surface area contributed by atoms with Gasteiger partial charge < -0.3 is 10.2 Å². The lowest BCUT2D eigenvalue weighted by atomic mass is 9.97. The lowest BCUT2D eigenvalue weighted by Gasteiger charge is -2.17. The van der Waals surface area contributed by atoms with Gasteiger partial charge in [0.1, 0.15) is 0 Å². The van der Waals surface area contributed by atoms with E-state index in [1.165, 1.54) is 0 Å². The molecule has 0 fully saturated rings. The van der Waals surface area contributed by atoms with Crippen LogP contribution in [0.15, 0.2) is 0 Å². The summed E-state index contributed by atoms with van der Waals surface area (Å²) in [6.45, 7) is 8.24. The van der Waals surface area contributed by atoms with Crippen molar-refractivity contribution in [2.75, 3.05) is 11.5 Å². The maximum absolute atomic E-state index is 10.1. The van der Waals surface area contributed by atoms with Gasteiger partial charge in [0.05, 0.1) is 0 Å². The quantitative estimate of drug-likeness (QED) is 0.768. The van der Waals surface area contributed by atoms with Crippen LogP contribution in [0.3, 0.4) is 0 Å². The van der Waals surface area contributed by atoms with Crippen LogP contribution >= 0.6 is 23.5 Å². The molecule has 0 aliphatic rings. The van der Waals surface area contributed by atoms with Crippen molar-refractivity contribution < 1.29 is 10.2 Å². The topological polar surface area (TPSA) is 40.5 Å². The van der Waals surface area contributed by atoms with Crippen LogP contribution in [0.25, 0.3) is 0 Å². The first-order valence-electron chi connectivity index (χ1n) is 6.22. The summed E-state index contributed by atoms with van der Waals surface area (Å²) in [6, 6.07) is 0. The number of phenolic OH excluding ortho intramolecular Hbond substituents is 2. The summed E-state index contributed by atoms with van der Waals surface area (Å²) in [5.74, 6) is 3.67. The van der Waals surface area contributed by atoms with Crippen LogP contribution in [0.4, 0.5) is 0 Å². The molecule has 0 saturated carbocycles. The van der Waals surface area contributed by atoms with Crippen molar-refractivity contribution in [3.63, 3.8) is 0 Å². The summed E-state index contributed by atoms with van der Waals surface area (Å²) in [5, 5.41) is 20.3. The molecule has 0 aliphatic heterocycles. The van der Waals surface area contributed by atoms with E-state index < -0.39 is 0 Å². The van der Waals surface area contributed by atoms with Crippen molar-refractivity contribution in [2.45, 2.75) is 39.2 Å². The predicted molar refractivity (Wildman–Crippen MR) is 82.9 cm³/mol. The highest BCUT2D eigenvalue weighted by Gasteiger charge is 2.18. The average Bonchev–Trinajstić information content (AvgIpc) is 2.37. The number of hydrogen-bond acceptors (Lipinski definition) is 4. The molecule has 0 aliphatic carbocycles. The molecule has 1 aromatic rings. The summed E-state index contributed by atoms with van der Waals surface area (Å²) < 4.78 is 0. The summed E-state index contributed by atoms with van der Waals surface area (Å²) in [7, 11) is 0. The molecular weight excluding hydrogens is 264 g/mol. The fourth-order valence-electron chi connectivity index (χ4n) is 1.86. The van der Waals surface area contributed by atoms with Gasteiger partial charge >= 0.3 is 0 Å². The Balaban J connectivity index is 3.18. The Morgan fingerprint density at radius 1 is 0.778 bits per heavy atom. The van der Waals surface area contributed by atoms with E-state index in [0.717, 1.165) is 45.3 Å². The van der Waals surface area contributed by atoms with Crippen LogP contribution in [-0.2, 0) is 11.5 Å². The molecular formula is C14H22O2S2. The van der Waals surface area contributed by atoms with Crippen LogP contribution in [0.5, 0.6) is 11.5 Å². The predicted octanol–water partition coefficient (Wildman–Crippen LogP) is 4.22. The van der Waals surface area contributed by atoms with E-state index in [0.29, 0.717) is 0 Å². The lowest BCUT2D eigenvalue weighted by Crippen LogP contribution is -1.98. The van der Waals surface area contributed by atoms with Crippen LogP contribution in [-0.4, -0.2) is 21.7 Å². The molecule has 0 radical (unpaired) electrons. The van der Waals surface area contributed by atoms with Gasteiger partial charge in [-0.3, -0.25) is 0 Å². The standard InChI is InChI=1S/C14H22O2S2/c1-5-17-7-11-9(3)10(4)12(8-18-6-2)14(16)13(11)15/h15-16H,5-8H2,1-4H3. The Hall–Kier alpha value is -0.480. The number of hydrogen-bond donors (Lipinski definition) is 2. The maximum atomic E-state index is 10.1. The van der Waals surface area contributed by atoms with Gasteiger partial charge in [-0.25, -0.2) is 0 Å². The molecule has 0 bridgehead atoms. The third kappa shape index (κ3) is 3.29. The van der Waals surface area contributed by atoms with Gasteiger partial charge in [-0.1, -0.05) is 13.8 Å². The maximum Gasteiger partial charge on any atom is 0.162 e. The van der Waals surface area contributed by atoms with Crippen LogP contribution in [0.1, 0.15) is 36.1 Å². The van der Waals surface area contributed by atoms with Crippen molar-refractivity contribution in [1.29, 1.82) is 0 Å². The van der Waals surface area contributed by atoms with E-state index in [2.05, 4.69) is 13.8 Å². The van der Waals surface area contributed by atoms with Crippen LogP contribution in [0.2, 0.25) is 0 Å². The molecule has 2 nitrogen and oxygen atoms in total. The third-order valence-electron chi connectivity index (χ3n) is 3.16. The highest BCUT2D eigenvalue weighted by atomic mass is 32.2. The minimum absolute atomic E-state index is 0.0748. The highest BCUT2D eigenvalue weighted by Crippen LogP contribution is 2.41. The second kappa shape index (κ2) is 7.19. The number of thioether (sulfide) groups is 2. The SMILES string of the molecule is CCSCc1c(C)c(C)c(CSCC)c(O)c1O.